The average molecular weight is 565 g/mol. The van der Waals surface area contributed by atoms with Crippen LogP contribution in [-0.4, -0.2) is 47.3 Å². The molecule has 0 radical (unpaired) electrons. The van der Waals surface area contributed by atoms with Gasteiger partial charge in [-0.25, -0.2) is 19.6 Å². The van der Waals surface area contributed by atoms with E-state index in [9.17, 15) is 18.0 Å². The number of hydrogen-bond acceptors (Lipinski definition) is 7. The quantitative estimate of drug-likeness (QED) is 0.299. The number of aryl methyl sites for hydroxylation is 1. The standard InChI is InChI=1S/C28H27F3N8O2/c1-15(16-3-7-18(8-4-16)25-34-20(28(29,30)31)13-37(25)19-9-10-19)39-21(40)11-12-38-27(39)35-24(36-38)22-23(17-5-6-17)32-14-33-26(22)41-2/h3-4,7-8,13-15,17,19H,5-6,9-12H2,1-2H3/t15-/m0/s1. The van der Waals surface area contributed by atoms with E-state index < -0.39 is 17.9 Å². The van der Waals surface area contributed by atoms with Gasteiger partial charge in [0.1, 0.15) is 17.7 Å². The van der Waals surface area contributed by atoms with Crippen molar-refractivity contribution in [1.29, 1.82) is 0 Å². The number of rotatable bonds is 7. The number of imidazole rings is 1. The molecule has 7 rings (SSSR count). The summed E-state index contributed by atoms with van der Waals surface area (Å²) in [7, 11) is 1.54. The Morgan fingerprint density at radius 2 is 1.80 bits per heavy atom. The van der Waals surface area contributed by atoms with Gasteiger partial charge in [0.2, 0.25) is 17.7 Å². The Morgan fingerprint density at radius 3 is 2.46 bits per heavy atom. The lowest BCUT2D eigenvalue weighted by atomic mass is 10.0. The van der Waals surface area contributed by atoms with Gasteiger partial charge in [-0.15, -0.1) is 5.10 Å². The summed E-state index contributed by atoms with van der Waals surface area (Å²) >= 11 is 0. The van der Waals surface area contributed by atoms with Gasteiger partial charge >= 0.3 is 6.18 Å². The second-order valence-electron chi connectivity index (χ2n) is 10.8. The van der Waals surface area contributed by atoms with Gasteiger partial charge in [-0.05, 0) is 38.2 Å². The zero-order valence-electron chi connectivity index (χ0n) is 22.5. The number of hydrogen-bond donors (Lipinski definition) is 0. The monoisotopic (exact) mass is 564 g/mol. The molecule has 0 N–H and O–H groups in total. The first-order chi connectivity index (χ1) is 19.7. The van der Waals surface area contributed by atoms with Crippen molar-refractivity contribution in [3.63, 3.8) is 0 Å². The third kappa shape index (κ3) is 4.52. The highest BCUT2D eigenvalue weighted by atomic mass is 19.4. The maximum Gasteiger partial charge on any atom is 0.434 e. The van der Waals surface area contributed by atoms with E-state index in [1.165, 1.54) is 6.33 Å². The predicted octanol–water partition coefficient (Wildman–Crippen LogP) is 5.34. The molecule has 10 nitrogen and oxygen atoms in total. The molecule has 1 amide bonds. The summed E-state index contributed by atoms with van der Waals surface area (Å²) in [6.45, 7) is 2.29. The lowest BCUT2D eigenvalue weighted by molar-refractivity contribution is -0.140. The third-order valence-corrected chi connectivity index (χ3v) is 7.90. The van der Waals surface area contributed by atoms with E-state index in [-0.39, 0.29) is 18.4 Å². The molecule has 2 fully saturated rings. The Bertz CT molecular complexity index is 1640. The molecule has 4 heterocycles. The number of amides is 1. The summed E-state index contributed by atoms with van der Waals surface area (Å²) < 4.78 is 49.0. The van der Waals surface area contributed by atoms with Crippen LogP contribution in [0.1, 0.15) is 74.0 Å². The maximum atomic E-state index is 13.4. The maximum absolute atomic E-state index is 13.4. The Labute approximate surface area is 233 Å². The van der Waals surface area contributed by atoms with Gasteiger partial charge in [-0.1, -0.05) is 24.3 Å². The number of fused-ring (bicyclic) bond motifs is 1. The number of benzene rings is 1. The van der Waals surface area contributed by atoms with Crippen LogP contribution in [-0.2, 0) is 17.5 Å². The summed E-state index contributed by atoms with van der Waals surface area (Å²) in [5.74, 6) is 1.73. The fourth-order valence-electron chi connectivity index (χ4n) is 5.44. The minimum absolute atomic E-state index is 0.0350. The third-order valence-electron chi connectivity index (χ3n) is 7.90. The lowest BCUT2D eigenvalue weighted by Crippen LogP contribution is -2.39. The predicted molar refractivity (Wildman–Crippen MR) is 141 cm³/mol. The van der Waals surface area contributed by atoms with Crippen LogP contribution < -0.4 is 9.64 Å². The summed E-state index contributed by atoms with van der Waals surface area (Å²) in [4.78, 5) is 32.3. The summed E-state index contributed by atoms with van der Waals surface area (Å²) in [6, 6.07) is 6.79. The van der Waals surface area contributed by atoms with Crippen molar-refractivity contribution < 1.29 is 22.7 Å². The van der Waals surface area contributed by atoms with Crippen LogP contribution >= 0.6 is 0 Å². The van der Waals surface area contributed by atoms with Gasteiger partial charge < -0.3 is 9.30 Å². The molecule has 3 aliphatic rings. The summed E-state index contributed by atoms with van der Waals surface area (Å²) in [6.07, 6.45) is 2.04. The highest BCUT2D eigenvalue weighted by Crippen LogP contribution is 2.46. The van der Waals surface area contributed by atoms with E-state index in [4.69, 9.17) is 14.8 Å². The Balaban J connectivity index is 1.21. The Morgan fingerprint density at radius 1 is 1.05 bits per heavy atom. The number of alkyl halides is 3. The first-order valence-electron chi connectivity index (χ1n) is 13.7. The van der Waals surface area contributed by atoms with Crippen molar-refractivity contribution in [1.82, 2.24) is 34.3 Å². The number of halogens is 3. The highest BCUT2D eigenvalue weighted by Gasteiger charge is 2.38. The molecule has 0 saturated heterocycles. The Hall–Kier alpha value is -4.29. The van der Waals surface area contributed by atoms with Gasteiger partial charge in [0.05, 0.1) is 25.4 Å². The number of nitrogens with zero attached hydrogens (tertiary/aromatic N) is 8. The zero-order chi connectivity index (χ0) is 28.5. The van der Waals surface area contributed by atoms with E-state index >= 15 is 0 Å². The number of ether oxygens (including phenoxy) is 1. The van der Waals surface area contributed by atoms with Crippen molar-refractivity contribution in [3.05, 3.63) is 53.7 Å². The van der Waals surface area contributed by atoms with E-state index in [2.05, 4.69) is 15.0 Å². The van der Waals surface area contributed by atoms with Crippen LogP contribution in [0, 0.1) is 0 Å². The first-order valence-corrected chi connectivity index (χ1v) is 13.7. The van der Waals surface area contributed by atoms with Crippen LogP contribution in [0.3, 0.4) is 0 Å². The second kappa shape index (κ2) is 9.38. The van der Waals surface area contributed by atoms with Crippen LogP contribution in [0.4, 0.5) is 19.1 Å². The van der Waals surface area contributed by atoms with Crippen LogP contribution in [0.15, 0.2) is 36.8 Å². The molecule has 2 aliphatic carbocycles. The molecule has 4 aromatic rings. The van der Waals surface area contributed by atoms with Gasteiger partial charge in [0.25, 0.3) is 0 Å². The van der Waals surface area contributed by atoms with Crippen molar-refractivity contribution >= 4 is 11.9 Å². The molecule has 1 atom stereocenters. The van der Waals surface area contributed by atoms with Crippen molar-refractivity contribution in [2.45, 2.75) is 69.8 Å². The lowest BCUT2D eigenvalue weighted by Gasteiger charge is -2.31. The first kappa shape index (κ1) is 25.7. The molecule has 41 heavy (non-hydrogen) atoms. The largest absolute Gasteiger partial charge is 0.480 e. The van der Waals surface area contributed by atoms with E-state index in [0.717, 1.165) is 43.1 Å². The van der Waals surface area contributed by atoms with Crippen LogP contribution in [0.5, 0.6) is 5.88 Å². The summed E-state index contributed by atoms with van der Waals surface area (Å²) in [5.41, 5.74) is 1.99. The SMILES string of the molecule is COc1ncnc(C2CC2)c1-c1nc2n(n1)CCC(=O)N2[C@@H](C)c1ccc(-c2nc(C(F)(F)F)cn2C2CC2)cc1. The Kier molecular flexibility index (Phi) is 5.87. The average Bonchev–Trinajstić information content (AvgIpc) is 3.90. The van der Waals surface area contributed by atoms with Crippen molar-refractivity contribution in [2.75, 3.05) is 12.0 Å². The molecule has 212 valence electrons. The van der Waals surface area contributed by atoms with Crippen molar-refractivity contribution in [3.8, 4) is 28.7 Å². The number of aromatic nitrogens is 7. The normalized spacial score (nSPS) is 18.0. The highest BCUT2D eigenvalue weighted by molar-refractivity contribution is 5.94. The van der Waals surface area contributed by atoms with Crippen LogP contribution in [0.2, 0.25) is 0 Å². The second-order valence-corrected chi connectivity index (χ2v) is 10.8. The molecule has 0 unspecified atom stereocenters. The smallest absolute Gasteiger partial charge is 0.434 e. The molecular formula is C28H27F3N8O2. The number of carbonyl (C=O) groups is 1. The molecule has 0 spiro atoms. The molecule has 1 aliphatic heterocycles. The van der Waals surface area contributed by atoms with E-state index in [1.807, 2.05) is 19.1 Å². The summed E-state index contributed by atoms with van der Waals surface area (Å²) in [5, 5.41) is 4.72. The van der Waals surface area contributed by atoms with Gasteiger partial charge in [-0.2, -0.15) is 18.2 Å². The molecular weight excluding hydrogens is 537 g/mol. The molecule has 3 aromatic heterocycles. The van der Waals surface area contributed by atoms with Crippen LogP contribution in [0.25, 0.3) is 22.8 Å². The number of anilines is 1. The fraction of sp³-hybridized carbons (Fsp3) is 0.429. The zero-order valence-corrected chi connectivity index (χ0v) is 22.5. The minimum atomic E-state index is -4.51. The van der Waals surface area contributed by atoms with E-state index in [1.54, 1.807) is 33.4 Å². The molecule has 2 saturated carbocycles. The molecule has 1 aromatic carbocycles. The molecule has 0 bridgehead atoms. The molecule has 13 heteroatoms. The van der Waals surface area contributed by atoms with E-state index in [0.29, 0.717) is 47.1 Å². The van der Waals surface area contributed by atoms with Crippen molar-refractivity contribution in [2.24, 2.45) is 0 Å². The number of methoxy groups -OCH3 is 1. The van der Waals surface area contributed by atoms with Gasteiger partial charge in [-0.3, -0.25) is 9.69 Å². The number of carbonyl (C=O) groups excluding carboxylic acids is 1. The topological polar surface area (TPSA) is 104 Å². The minimum Gasteiger partial charge on any atom is -0.480 e. The fourth-order valence-corrected chi connectivity index (χ4v) is 5.44. The van der Waals surface area contributed by atoms with Gasteiger partial charge in [0.15, 0.2) is 11.5 Å². The van der Waals surface area contributed by atoms with Gasteiger partial charge in [0, 0.05) is 30.1 Å².